The van der Waals surface area contributed by atoms with Crippen LogP contribution in [-0.4, -0.2) is 43.8 Å². The van der Waals surface area contributed by atoms with Crippen LogP contribution in [0.5, 0.6) is 0 Å². The molecule has 158 valence electrons. The van der Waals surface area contributed by atoms with E-state index in [0.29, 0.717) is 31.1 Å². The van der Waals surface area contributed by atoms with Crippen molar-refractivity contribution in [2.45, 2.75) is 39.5 Å². The summed E-state index contributed by atoms with van der Waals surface area (Å²) in [7, 11) is 0. The summed E-state index contributed by atoms with van der Waals surface area (Å²) in [5.74, 6) is 1.03. The first-order chi connectivity index (χ1) is 14.4. The number of hydrogen-bond acceptors (Lipinski definition) is 5. The molecule has 1 aliphatic heterocycles. The molecule has 1 fully saturated rings. The highest BCUT2D eigenvalue weighted by molar-refractivity contribution is 5.79. The standard InChI is InChI=1S/C21H24FN5O3/c1-13-16(14(2)30-25-13)12-20(28)26-9-7-15(8-10-26)11-19-23-24-21(29)27(19)18-6-4-3-5-17(18)22/h3-6,15H,7-12H2,1-2H3,(H,24,29). The highest BCUT2D eigenvalue weighted by Gasteiger charge is 2.26. The van der Waals surface area contributed by atoms with Gasteiger partial charge in [-0.05, 0) is 44.7 Å². The zero-order valence-corrected chi connectivity index (χ0v) is 17.0. The molecule has 3 heterocycles. The van der Waals surface area contributed by atoms with E-state index in [0.717, 1.165) is 24.1 Å². The van der Waals surface area contributed by atoms with Crippen molar-refractivity contribution in [3.63, 3.8) is 0 Å². The molecule has 0 radical (unpaired) electrons. The molecular weight excluding hydrogens is 389 g/mol. The fourth-order valence-corrected chi connectivity index (χ4v) is 4.01. The number of rotatable bonds is 5. The Morgan fingerprint density at radius 3 is 2.67 bits per heavy atom. The molecule has 1 saturated heterocycles. The fraction of sp³-hybridized carbons (Fsp3) is 0.429. The topological polar surface area (TPSA) is 97.0 Å². The Labute approximate surface area is 172 Å². The number of aromatic amines is 1. The molecule has 1 amide bonds. The number of carbonyl (C=O) groups excluding carboxylic acids is 1. The number of nitrogens with zero attached hydrogens (tertiary/aromatic N) is 4. The van der Waals surface area contributed by atoms with Gasteiger partial charge in [0.1, 0.15) is 17.4 Å². The van der Waals surface area contributed by atoms with Gasteiger partial charge in [0, 0.05) is 25.1 Å². The Kier molecular flexibility index (Phi) is 5.52. The number of aromatic nitrogens is 4. The van der Waals surface area contributed by atoms with Crippen molar-refractivity contribution in [1.29, 1.82) is 0 Å². The molecule has 0 atom stereocenters. The van der Waals surface area contributed by atoms with Crippen LogP contribution in [-0.2, 0) is 17.6 Å². The van der Waals surface area contributed by atoms with Crippen LogP contribution in [0.4, 0.5) is 4.39 Å². The number of nitrogens with one attached hydrogen (secondary N) is 1. The van der Waals surface area contributed by atoms with Crippen LogP contribution >= 0.6 is 0 Å². The van der Waals surface area contributed by atoms with Gasteiger partial charge in [-0.15, -0.1) is 0 Å². The summed E-state index contributed by atoms with van der Waals surface area (Å²) in [6.07, 6.45) is 2.42. The summed E-state index contributed by atoms with van der Waals surface area (Å²) in [6, 6.07) is 6.15. The summed E-state index contributed by atoms with van der Waals surface area (Å²) >= 11 is 0. The average molecular weight is 413 g/mol. The molecule has 2 aromatic heterocycles. The van der Waals surface area contributed by atoms with Crippen molar-refractivity contribution in [3.05, 3.63) is 63.4 Å². The predicted molar refractivity (Wildman–Crippen MR) is 107 cm³/mol. The Bertz CT molecular complexity index is 1090. The monoisotopic (exact) mass is 413 g/mol. The number of para-hydroxylation sites is 1. The maximum absolute atomic E-state index is 14.2. The molecule has 0 spiro atoms. The van der Waals surface area contributed by atoms with E-state index in [9.17, 15) is 14.0 Å². The quantitative estimate of drug-likeness (QED) is 0.692. The molecule has 3 aromatic rings. The van der Waals surface area contributed by atoms with Gasteiger partial charge >= 0.3 is 5.69 Å². The second-order valence-electron chi connectivity index (χ2n) is 7.74. The van der Waals surface area contributed by atoms with Gasteiger partial charge in [0.2, 0.25) is 5.91 Å². The lowest BCUT2D eigenvalue weighted by molar-refractivity contribution is -0.131. The lowest BCUT2D eigenvalue weighted by Gasteiger charge is -2.32. The van der Waals surface area contributed by atoms with E-state index < -0.39 is 11.5 Å². The predicted octanol–water partition coefficient (Wildman–Crippen LogP) is 2.33. The van der Waals surface area contributed by atoms with Crippen molar-refractivity contribution >= 4 is 5.91 Å². The molecule has 0 unspecified atom stereocenters. The van der Waals surface area contributed by atoms with E-state index in [2.05, 4.69) is 15.4 Å². The second-order valence-corrected chi connectivity index (χ2v) is 7.74. The zero-order valence-electron chi connectivity index (χ0n) is 17.0. The van der Waals surface area contributed by atoms with Crippen LogP contribution in [0.1, 0.15) is 35.7 Å². The third kappa shape index (κ3) is 3.92. The normalized spacial score (nSPS) is 15.0. The first-order valence-corrected chi connectivity index (χ1v) is 10.0. The van der Waals surface area contributed by atoms with E-state index in [-0.39, 0.29) is 23.9 Å². The van der Waals surface area contributed by atoms with Gasteiger partial charge in [-0.25, -0.2) is 18.9 Å². The first kappa shape index (κ1) is 20.1. The number of aryl methyl sites for hydroxylation is 2. The summed E-state index contributed by atoms with van der Waals surface area (Å²) < 4.78 is 20.6. The molecule has 8 nitrogen and oxygen atoms in total. The number of carbonyl (C=O) groups is 1. The highest BCUT2D eigenvalue weighted by Crippen LogP contribution is 2.23. The van der Waals surface area contributed by atoms with Crippen molar-refractivity contribution in [1.82, 2.24) is 24.8 Å². The molecule has 1 N–H and O–H groups in total. The molecule has 4 rings (SSSR count). The van der Waals surface area contributed by atoms with Gasteiger partial charge in [-0.1, -0.05) is 17.3 Å². The molecule has 1 aliphatic rings. The Balaban J connectivity index is 1.40. The van der Waals surface area contributed by atoms with Gasteiger partial charge in [-0.2, -0.15) is 5.10 Å². The van der Waals surface area contributed by atoms with E-state index in [1.807, 2.05) is 18.7 Å². The number of amides is 1. The Morgan fingerprint density at radius 1 is 1.27 bits per heavy atom. The molecular formula is C21H24FN5O3. The highest BCUT2D eigenvalue weighted by atomic mass is 19.1. The number of piperidine rings is 1. The maximum Gasteiger partial charge on any atom is 0.348 e. The van der Waals surface area contributed by atoms with Crippen molar-refractivity contribution in [2.24, 2.45) is 5.92 Å². The van der Waals surface area contributed by atoms with E-state index >= 15 is 0 Å². The van der Waals surface area contributed by atoms with Crippen molar-refractivity contribution < 1.29 is 13.7 Å². The van der Waals surface area contributed by atoms with Crippen LogP contribution in [0.3, 0.4) is 0 Å². The Hall–Kier alpha value is -3.23. The van der Waals surface area contributed by atoms with E-state index in [4.69, 9.17) is 4.52 Å². The number of hydrogen-bond donors (Lipinski definition) is 1. The van der Waals surface area contributed by atoms with Crippen LogP contribution in [0, 0.1) is 25.6 Å². The van der Waals surface area contributed by atoms with Gasteiger partial charge in [0.05, 0.1) is 17.8 Å². The van der Waals surface area contributed by atoms with Gasteiger partial charge in [0.25, 0.3) is 0 Å². The second kappa shape index (κ2) is 8.25. The van der Waals surface area contributed by atoms with Gasteiger partial charge < -0.3 is 9.42 Å². The van der Waals surface area contributed by atoms with Crippen LogP contribution < -0.4 is 5.69 Å². The fourth-order valence-electron chi connectivity index (χ4n) is 4.01. The summed E-state index contributed by atoms with van der Waals surface area (Å²) in [5, 5.41) is 10.4. The summed E-state index contributed by atoms with van der Waals surface area (Å²) in [5.41, 5.74) is 1.34. The van der Waals surface area contributed by atoms with Crippen molar-refractivity contribution in [3.8, 4) is 5.69 Å². The van der Waals surface area contributed by atoms with Gasteiger partial charge in [0.15, 0.2) is 0 Å². The van der Waals surface area contributed by atoms with Crippen LogP contribution in [0.15, 0.2) is 33.6 Å². The minimum Gasteiger partial charge on any atom is -0.361 e. The van der Waals surface area contributed by atoms with Crippen LogP contribution in [0.25, 0.3) is 5.69 Å². The third-order valence-corrected chi connectivity index (χ3v) is 5.78. The maximum atomic E-state index is 14.2. The van der Waals surface area contributed by atoms with E-state index in [1.54, 1.807) is 18.2 Å². The zero-order chi connectivity index (χ0) is 21.3. The largest absolute Gasteiger partial charge is 0.361 e. The number of likely N-dealkylation sites (tertiary alicyclic amines) is 1. The lowest BCUT2D eigenvalue weighted by Crippen LogP contribution is -2.40. The van der Waals surface area contributed by atoms with Crippen molar-refractivity contribution in [2.75, 3.05) is 13.1 Å². The Morgan fingerprint density at radius 2 is 2.00 bits per heavy atom. The number of H-pyrrole nitrogens is 1. The summed E-state index contributed by atoms with van der Waals surface area (Å²) in [4.78, 5) is 26.7. The minimum absolute atomic E-state index is 0.0610. The SMILES string of the molecule is Cc1noc(C)c1CC(=O)N1CCC(Cc2n[nH]c(=O)n2-c2ccccc2F)CC1. The molecule has 30 heavy (non-hydrogen) atoms. The van der Waals surface area contributed by atoms with Crippen LogP contribution in [0.2, 0.25) is 0 Å². The molecule has 1 aromatic carbocycles. The molecule has 9 heteroatoms. The molecule has 0 bridgehead atoms. The van der Waals surface area contributed by atoms with Gasteiger partial charge in [-0.3, -0.25) is 4.79 Å². The third-order valence-electron chi connectivity index (χ3n) is 5.78. The summed E-state index contributed by atoms with van der Waals surface area (Å²) in [6.45, 7) is 4.93. The molecule has 0 saturated carbocycles. The number of benzene rings is 1. The molecule has 0 aliphatic carbocycles. The smallest absolute Gasteiger partial charge is 0.348 e. The minimum atomic E-state index is -0.470. The first-order valence-electron chi connectivity index (χ1n) is 10.0. The average Bonchev–Trinajstić information content (AvgIpc) is 3.25. The number of halogens is 1. The van der Waals surface area contributed by atoms with E-state index in [1.165, 1.54) is 10.6 Å². The lowest BCUT2D eigenvalue weighted by atomic mass is 9.92.